The topological polar surface area (TPSA) is 80.5 Å². The van der Waals surface area contributed by atoms with Gasteiger partial charge in [0.2, 0.25) is 0 Å². The predicted octanol–water partition coefficient (Wildman–Crippen LogP) is 3.21. The Bertz CT molecular complexity index is 876. The van der Waals surface area contributed by atoms with Crippen LogP contribution in [0.2, 0.25) is 5.02 Å². The van der Waals surface area contributed by atoms with Gasteiger partial charge in [-0.25, -0.2) is 4.90 Å². The van der Waals surface area contributed by atoms with Crippen LogP contribution in [0.15, 0.2) is 54.6 Å². The molecule has 0 bridgehead atoms. The van der Waals surface area contributed by atoms with Crippen LogP contribution in [0.25, 0.3) is 5.57 Å². The lowest BCUT2D eigenvalue weighted by Crippen LogP contribution is -2.30. The van der Waals surface area contributed by atoms with Crippen molar-refractivity contribution in [2.75, 3.05) is 4.90 Å². The molecule has 7 heteroatoms. The first-order chi connectivity index (χ1) is 11.0. The number of non-ortho nitro benzene ring substituents is 1. The second-order valence-electron chi connectivity index (χ2n) is 4.82. The number of halogens is 1. The minimum Gasteiger partial charge on any atom is -0.269 e. The Morgan fingerprint density at radius 2 is 1.78 bits per heavy atom. The molecule has 0 spiro atoms. The van der Waals surface area contributed by atoms with Crippen LogP contribution in [-0.2, 0) is 9.59 Å². The maximum atomic E-state index is 12.5. The number of nitro benzene ring substituents is 1. The molecule has 0 radical (unpaired) electrons. The van der Waals surface area contributed by atoms with Crippen LogP contribution in [0.3, 0.4) is 0 Å². The first-order valence-corrected chi connectivity index (χ1v) is 6.95. The number of carbonyl (C=O) groups is 2. The zero-order valence-electron chi connectivity index (χ0n) is 11.6. The van der Waals surface area contributed by atoms with Gasteiger partial charge in [0, 0.05) is 23.2 Å². The van der Waals surface area contributed by atoms with E-state index in [1.54, 1.807) is 24.3 Å². The van der Waals surface area contributed by atoms with E-state index in [0.29, 0.717) is 16.3 Å². The summed E-state index contributed by atoms with van der Waals surface area (Å²) in [6.45, 7) is 0. The SMILES string of the molecule is O=C1C=C(c2cccc([N+](=O)[O-])c2)C(=O)N1c1cccc(Cl)c1. The fraction of sp³-hybridized carbons (Fsp3) is 0. The number of anilines is 1. The second kappa shape index (κ2) is 5.66. The summed E-state index contributed by atoms with van der Waals surface area (Å²) >= 11 is 5.89. The van der Waals surface area contributed by atoms with Gasteiger partial charge in [-0.1, -0.05) is 29.8 Å². The molecule has 1 aliphatic rings. The number of benzene rings is 2. The Morgan fingerprint density at radius 3 is 2.48 bits per heavy atom. The molecule has 23 heavy (non-hydrogen) atoms. The number of amides is 2. The van der Waals surface area contributed by atoms with Gasteiger partial charge in [0.15, 0.2) is 0 Å². The smallest absolute Gasteiger partial charge is 0.269 e. The van der Waals surface area contributed by atoms with Crippen LogP contribution in [0.4, 0.5) is 11.4 Å². The van der Waals surface area contributed by atoms with Crippen LogP contribution in [-0.4, -0.2) is 16.7 Å². The summed E-state index contributed by atoms with van der Waals surface area (Å²) in [6, 6.07) is 11.9. The molecule has 0 saturated heterocycles. The number of imide groups is 1. The minimum atomic E-state index is -0.556. The first kappa shape index (κ1) is 14.9. The standard InChI is InChI=1S/C16H9ClN2O4/c17-11-4-2-5-12(8-11)18-15(20)9-14(16(18)21)10-3-1-6-13(7-10)19(22)23/h1-9H. The third-order valence-corrected chi connectivity index (χ3v) is 3.59. The van der Waals surface area contributed by atoms with Gasteiger partial charge in [-0.05, 0) is 23.8 Å². The van der Waals surface area contributed by atoms with Crippen molar-refractivity contribution in [1.29, 1.82) is 0 Å². The zero-order chi connectivity index (χ0) is 16.6. The number of hydrogen-bond acceptors (Lipinski definition) is 4. The highest BCUT2D eigenvalue weighted by atomic mass is 35.5. The highest BCUT2D eigenvalue weighted by molar-refractivity contribution is 6.43. The molecule has 1 aliphatic heterocycles. The zero-order valence-corrected chi connectivity index (χ0v) is 12.4. The summed E-state index contributed by atoms with van der Waals surface area (Å²) in [4.78, 5) is 36.0. The van der Waals surface area contributed by atoms with Crippen LogP contribution >= 0.6 is 11.6 Å². The highest BCUT2D eigenvalue weighted by Crippen LogP contribution is 2.30. The Labute approximate surface area is 135 Å². The quantitative estimate of drug-likeness (QED) is 0.492. The Morgan fingerprint density at radius 1 is 1.04 bits per heavy atom. The van der Waals surface area contributed by atoms with Crippen molar-refractivity contribution in [3.63, 3.8) is 0 Å². The fourth-order valence-corrected chi connectivity index (χ4v) is 2.51. The molecule has 114 valence electrons. The fourth-order valence-electron chi connectivity index (χ4n) is 2.32. The molecule has 6 nitrogen and oxygen atoms in total. The molecular formula is C16H9ClN2O4. The van der Waals surface area contributed by atoms with Gasteiger partial charge in [0.05, 0.1) is 16.2 Å². The Kier molecular flexibility index (Phi) is 3.67. The molecule has 0 aliphatic carbocycles. The van der Waals surface area contributed by atoms with Crippen LogP contribution in [0, 0.1) is 10.1 Å². The molecule has 0 saturated carbocycles. The van der Waals surface area contributed by atoms with Crippen molar-refractivity contribution in [2.45, 2.75) is 0 Å². The lowest BCUT2D eigenvalue weighted by molar-refractivity contribution is -0.384. The lowest BCUT2D eigenvalue weighted by Gasteiger charge is -2.15. The molecule has 1 heterocycles. The van der Waals surface area contributed by atoms with E-state index in [-0.39, 0.29) is 11.3 Å². The van der Waals surface area contributed by atoms with Gasteiger partial charge in [-0.2, -0.15) is 0 Å². The van der Waals surface area contributed by atoms with E-state index in [2.05, 4.69) is 0 Å². The van der Waals surface area contributed by atoms with Crippen LogP contribution in [0.5, 0.6) is 0 Å². The van der Waals surface area contributed by atoms with Gasteiger partial charge in [0.1, 0.15) is 0 Å². The number of rotatable bonds is 3. The summed E-state index contributed by atoms with van der Waals surface area (Å²) in [5, 5.41) is 11.2. The first-order valence-electron chi connectivity index (χ1n) is 6.58. The number of nitro groups is 1. The monoisotopic (exact) mass is 328 g/mol. The van der Waals surface area contributed by atoms with E-state index in [0.717, 1.165) is 4.90 Å². The molecule has 0 aromatic heterocycles. The average molecular weight is 329 g/mol. The van der Waals surface area contributed by atoms with Crippen LogP contribution in [0.1, 0.15) is 5.56 Å². The van der Waals surface area contributed by atoms with E-state index in [1.165, 1.54) is 30.3 Å². The van der Waals surface area contributed by atoms with E-state index >= 15 is 0 Å². The van der Waals surface area contributed by atoms with Crippen molar-refractivity contribution in [2.24, 2.45) is 0 Å². The van der Waals surface area contributed by atoms with Crippen LogP contribution < -0.4 is 4.90 Å². The Balaban J connectivity index is 1.99. The van der Waals surface area contributed by atoms with Crippen molar-refractivity contribution in [1.82, 2.24) is 0 Å². The summed E-state index contributed by atoms with van der Waals surface area (Å²) in [5.74, 6) is -1.06. The molecule has 3 rings (SSSR count). The molecule has 2 amide bonds. The minimum absolute atomic E-state index is 0.110. The maximum Gasteiger partial charge on any atom is 0.270 e. The summed E-state index contributed by atoms with van der Waals surface area (Å²) in [5.41, 5.74) is 0.634. The van der Waals surface area contributed by atoms with E-state index in [1.807, 2.05) is 0 Å². The normalized spacial score (nSPS) is 14.1. The third-order valence-electron chi connectivity index (χ3n) is 3.36. The largest absolute Gasteiger partial charge is 0.270 e. The number of nitrogens with zero attached hydrogens (tertiary/aromatic N) is 2. The third kappa shape index (κ3) is 2.72. The van der Waals surface area contributed by atoms with E-state index < -0.39 is 16.7 Å². The Hall–Kier alpha value is -2.99. The second-order valence-corrected chi connectivity index (χ2v) is 5.26. The van der Waals surface area contributed by atoms with Crippen molar-refractivity contribution >= 4 is 40.4 Å². The van der Waals surface area contributed by atoms with Gasteiger partial charge in [-0.3, -0.25) is 19.7 Å². The van der Waals surface area contributed by atoms with Gasteiger partial charge in [-0.15, -0.1) is 0 Å². The van der Waals surface area contributed by atoms with E-state index in [4.69, 9.17) is 11.6 Å². The van der Waals surface area contributed by atoms with Crippen molar-refractivity contribution < 1.29 is 14.5 Å². The molecule has 2 aromatic carbocycles. The van der Waals surface area contributed by atoms with Gasteiger partial charge >= 0.3 is 0 Å². The number of hydrogen-bond donors (Lipinski definition) is 0. The summed E-state index contributed by atoms with van der Waals surface area (Å²) in [6.07, 6.45) is 1.17. The summed E-state index contributed by atoms with van der Waals surface area (Å²) in [7, 11) is 0. The molecule has 0 unspecified atom stereocenters. The molecule has 0 fully saturated rings. The lowest BCUT2D eigenvalue weighted by atomic mass is 10.1. The molecule has 0 N–H and O–H groups in total. The molecular weight excluding hydrogens is 320 g/mol. The maximum absolute atomic E-state index is 12.5. The number of carbonyl (C=O) groups excluding carboxylic acids is 2. The summed E-state index contributed by atoms with van der Waals surface area (Å²) < 4.78 is 0. The van der Waals surface area contributed by atoms with Gasteiger partial charge in [0.25, 0.3) is 17.5 Å². The highest BCUT2D eigenvalue weighted by Gasteiger charge is 2.33. The predicted molar refractivity (Wildman–Crippen MR) is 85.0 cm³/mol. The molecule has 0 atom stereocenters. The van der Waals surface area contributed by atoms with Crippen molar-refractivity contribution in [3.05, 3.63) is 75.3 Å². The van der Waals surface area contributed by atoms with Crippen molar-refractivity contribution in [3.8, 4) is 0 Å². The van der Waals surface area contributed by atoms with Gasteiger partial charge < -0.3 is 0 Å². The average Bonchev–Trinajstić information content (AvgIpc) is 2.82. The molecule has 2 aromatic rings. The van der Waals surface area contributed by atoms with E-state index in [9.17, 15) is 19.7 Å².